The van der Waals surface area contributed by atoms with Crippen molar-refractivity contribution in [2.24, 2.45) is 5.92 Å². The van der Waals surface area contributed by atoms with Gasteiger partial charge in [-0.25, -0.2) is 4.39 Å². The SMILES string of the molecule is CC(C)(C)c1cccc(NC(=O)C2CCCNC2c2cccc(F)c2)c1. The molecule has 1 saturated heterocycles. The third-order valence-corrected chi connectivity index (χ3v) is 5.00. The van der Waals surface area contributed by atoms with Crippen LogP contribution >= 0.6 is 0 Å². The summed E-state index contributed by atoms with van der Waals surface area (Å²) in [6.07, 6.45) is 1.73. The molecule has 0 radical (unpaired) electrons. The molecule has 4 heteroatoms. The molecular formula is C22H27FN2O. The van der Waals surface area contributed by atoms with E-state index in [2.05, 4.69) is 37.5 Å². The molecular weight excluding hydrogens is 327 g/mol. The number of nitrogens with one attached hydrogen (secondary N) is 2. The molecule has 0 saturated carbocycles. The molecule has 2 aromatic rings. The van der Waals surface area contributed by atoms with E-state index >= 15 is 0 Å². The number of anilines is 1. The first-order valence-electron chi connectivity index (χ1n) is 9.25. The number of halogens is 1. The average molecular weight is 354 g/mol. The Morgan fingerprint density at radius 1 is 1.15 bits per heavy atom. The van der Waals surface area contributed by atoms with Gasteiger partial charge in [0.05, 0.1) is 5.92 Å². The van der Waals surface area contributed by atoms with Crippen LogP contribution in [0.15, 0.2) is 48.5 Å². The standard InChI is InChI=1S/C22H27FN2O/c1-22(2,3)16-8-5-10-18(14-16)25-21(26)19-11-6-12-24-20(19)15-7-4-9-17(23)13-15/h4-5,7-10,13-14,19-20,24H,6,11-12H2,1-3H3,(H,25,26). The molecule has 1 amide bonds. The fourth-order valence-corrected chi connectivity index (χ4v) is 3.52. The summed E-state index contributed by atoms with van der Waals surface area (Å²) >= 11 is 0. The van der Waals surface area contributed by atoms with E-state index in [1.165, 1.54) is 17.7 Å². The molecule has 2 aromatic carbocycles. The van der Waals surface area contributed by atoms with Crippen molar-refractivity contribution < 1.29 is 9.18 Å². The number of benzene rings is 2. The molecule has 26 heavy (non-hydrogen) atoms. The molecule has 0 aliphatic carbocycles. The molecule has 1 aliphatic rings. The largest absolute Gasteiger partial charge is 0.326 e. The Labute approximate surface area is 155 Å². The number of hydrogen-bond donors (Lipinski definition) is 2. The first-order valence-corrected chi connectivity index (χ1v) is 9.25. The zero-order valence-corrected chi connectivity index (χ0v) is 15.7. The van der Waals surface area contributed by atoms with Gasteiger partial charge in [0.15, 0.2) is 0 Å². The van der Waals surface area contributed by atoms with Gasteiger partial charge >= 0.3 is 0 Å². The third-order valence-electron chi connectivity index (χ3n) is 5.00. The summed E-state index contributed by atoms with van der Waals surface area (Å²) in [5.74, 6) is -0.506. The van der Waals surface area contributed by atoms with Crippen molar-refractivity contribution in [2.45, 2.75) is 45.1 Å². The molecule has 2 unspecified atom stereocenters. The lowest BCUT2D eigenvalue weighted by Crippen LogP contribution is -2.40. The highest BCUT2D eigenvalue weighted by Gasteiger charge is 2.32. The first-order chi connectivity index (χ1) is 12.3. The fraction of sp³-hybridized carbons (Fsp3) is 0.409. The molecule has 1 fully saturated rings. The van der Waals surface area contributed by atoms with Crippen LogP contribution in [-0.4, -0.2) is 12.5 Å². The predicted molar refractivity (Wildman–Crippen MR) is 104 cm³/mol. The summed E-state index contributed by atoms with van der Waals surface area (Å²) in [4.78, 5) is 13.0. The monoisotopic (exact) mass is 354 g/mol. The Morgan fingerprint density at radius 3 is 2.65 bits per heavy atom. The van der Waals surface area contributed by atoms with Crippen molar-refractivity contribution >= 4 is 11.6 Å². The Bertz CT molecular complexity index is 782. The molecule has 3 rings (SSSR count). The number of hydrogen-bond acceptors (Lipinski definition) is 2. The van der Waals surface area contributed by atoms with Crippen LogP contribution < -0.4 is 10.6 Å². The maximum Gasteiger partial charge on any atom is 0.229 e. The fourth-order valence-electron chi connectivity index (χ4n) is 3.52. The molecule has 2 N–H and O–H groups in total. The van der Waals surface area contributed by atoms with Gasteiger partial charge in [-0.15, -0.1) is 0 Å². The number of amides is 1. The molecule has 138 valence electrons. The van der Waals surface area contributed by atoms with Crippen molar-refractivity contribution in [1.82, 2.24) is 5.32 Å². The number of piperidine rings is 1. The van der Waals surface area contributed by atoms with E-state index < -0.39 is 0 Å². The predicted octanol–water partition coefficient (Wildman–Crippen LogP) is 4.80. The van der Waals surface area contributed by atoms with Crippen LogP contribution in [0.3, 0.4) is 0 Å². The highest BCUT2D eigenvalue weighted by molar-refractivity contribution is 5.93. The lowest BCUT2D eigenvalue weighted by atomic mass is 9.85. The molecule has 1 heterocycles. The minimum absolute atomic E-state index is 0.0162. The second-order valence-corrected chi connectivity index (χ2v) is 8.06. The summed E-state index contributed by atoms with van der Waals surface area (Å²) in [5, 5.41) is 6.45. The van der Waals surface area contributed by atoms with Gasteiger partial charge in [0.2, 0.25) is 5.91 Å². The average Bonchev–Trinajstić information content (AvgIpc) is 2.61. The van der Waals surface area contributed by atoms with E-state index in [-0.39, 0.29) is 29.1 Å². The summed E-state index contributed by atoms with van der Waals surface area (Å²) in [7, 11) is 0. The highest BCUT2D eigenvalue weighted by atomic mass is 19.1. The van der Waals surface area contributed by atoms with E-state index in [0.717, 1.165) is 30.6 Å². The Hall–Kier alpha value is -2.20. The first kappa shape index (κ1) is 18.6. The zero-order chi connectivity index (χ0) is 18.7. The molecule has 0 bridgehead atoms. The van der Waals surface area contributed by atoms with Crippen LogP contribution in [0.1, 0.15) is 50.8 Å². The topological polar surface area (TPSA) is 41.1 Å². The number of rotatable bonds is 3. The minimum Gasteiger partial charge on any atom is -0.326 e. The lowest BCUT2D eigenvalue weighted by Gasteiger charge is -2.32. The summed E-state index contributed by atoms with van der Waals surface area (Å²) in [6.45, 7) is 7.29. The number of carbonyl (C=O) groups is 1. The van der Waals surface area contributed by atoms with Crippen LogP contribution in [0.25, 0.3) is 0 Å². The van der Waals surface area contributed by atoms with E-state index in [4.69, 9.17) is 0 Å². The molecule has 3 nitrogen and oxygen atoms in total. The van der Waals surface area contributed by atoms with Crippen LogP contribution in [0.5, 0.6) is 0 Å². The normalized spacial score (nSPS) is 20.6. The Kier molecular flexibility index (Phi) is 5.42. The smallest absolute Gasteiger partial charge is 0.229 e. The van der Waals surface area contributed by atoms with Crippen molar-refractivity contribution in [1.29, 1.82) is 0 Å². The molecule has 2 atom stereocenters. The van der Waals surface area contributed by atoms with Crippen molar-refractivity contribution in [3.8, 4) is 0 Å². The van der Waals surface area contributed by atoms with Gasteiger partial charge in [-0.3, -0.25) is 4.79 Å². The van der Waals surface area contributed by atoms with Gasteiger partial charge in [-0.05, 0) is 60.2 Å². The van der Waals surface area contributed by atoms with E-state index in [1.807, 2.05) is 24.3 Å². The van der Waals surface area contributed by atoms with E-state index in [0.29, 0.717) is 0 Å². The summed E-state index contributed by atoms with van der Waals surface area (Å²) < 4.78 is 13.6. The third kappa shape index (κ3) is 4.31. The van der Waals surface area contributed by atoms with E-state index in [1.54, 1.807) is 6.07 Å². The molecule has 1 aliphatic heterocycles. The second-order valence-electron chi connectivity index (χ2n) is 8.06. The van der Waals surface area contributed by atoms with Gasteiger partial charge in [-0.2, -0.15) is 0 Å². The molecule has 0 aromatic heterocycles. The summed E-state index contributed by atoms with van der Waals surface area (Å²) in [6, 6.07) is 14.4. The van der Waals surface area contributed by atoms with Crippen LogP contribution in [0, 0.1) is 11.7 Å². The minimum atomic E-state index is -0.271. The highest BCUT2D eigenvalue weighted by Crippen LogP contribution is 2.31. The van der Waals surface area contributed by atoms with Crippen molar-refractivity contribution in [2.75, 3.05) is 11.9 Å². The van der Waals surface area contributed by atoms with Crippen LogP contribution in [0.4, 0.5) is 10.1 Å². The quantitative estimate of drug-likeness (QED) is 0.831. The lowest BCUT2D eigenvalue weighted by molar-refractivity contribution is -0.121. The van der Waals surface area contributed by atoms with Gasteiger partial charge in [0, 0.05) is 11.7 Å². The zero-order valence-electron chi connectivity index (χ0n) is 15.7. The maximum absolute atomic E-state index is 13.6. The van der Waals surface area contributed by atoms with Gasteiger partial charge in [-0.1, -0.05) is 45.0 Å². The van der Waals surface area contributed by atoms with Crippen LogP contribution in [-0.2, 0) is 10.2 Å². The number of carbonyl (C=O) groups excluding carboxylic acids is 1. The Balaban J connectivity index is 1.79. The van der Waals surface area contributed by atoms with Crippen molar-refractivity contribution in [3.63, 3.8) is 0 Å². The summed E-state index contributed by atoms with van der Waals surface area (Å²) in [5.41, 5.74) is 2.84. The van der Waals surface area contributed by atoms with Gasteiger partial charge in [0.25, 0.3) is 0 Å². The van der Waals surface area contributed by atoms with Gasteiger partial charge < -0.3 is 10.6 Å². The van der Waals surface area contributed by atoms with E-state index in [9.17, 15) is 9.18 Å². The second kappa shape index (κ2) is 7.58. The molecule has 0 spiro atoms. The Morgan fingerprint density at radius 2 is 1.92 bits per heavy atom. The van der Waals surface area contributed by atoms with Crippen LogP contribution in [0.2, 0.25) is 0 Å². The van der Waals surface area contributed by atoms with Gasteiger partial charge in [0.1, 0.15) is 5.82 Å². The maximum atomic E-state index is 13.6. The van der Waals surface area contributed by atoms with Crippen molar-refractivity contribution in [3.05, 3.63) is 65.5 Å².